The molecule has 0 aromatic heterocycles. The van der Waals surface area contributed by atoms with E-state index in [1.165, 1.54) is 13.0 Å². The zero-order valence-electron chi connectivity index (χ0n) is 16.2. The van der Waals surface area contributed by atoms with E-state index in [0.29, 0.717) is 19.5 Å². The van der Waals surface area contributed by atoms with Gasteiger partial charge in [-0.05, 0) is 48.2 Å². The molecule has 7 nitrogen and oxygen atoms in total. The minimum atomic E-state index is -3.72. The lowest BCUT2D eigenvalue weighted by molar-refractivity contribution is -0.118. The van der Waals surface area contributed by atoms with E-state index in [-0.39, 0.29) is 29.7 Å². The monoisotopic (exact) mass is 413 g/mol. The molecule has 2 amide bonds. The number of amides is 2. The summed E-state index contributed by atoms with van der Waals surface area (Å²) in [4.78, 5) is 27.7. The molecule has 2 aromatic rings. The van der Waals surface area contributed by atoms with Gasteiger partial charge in [0.2, 0.25) is 21.8 Å². The van der Waals surface area contributed by atoms with Crippen molar-refractivity contribution in [2.75, 3.05) is 29.4 Å². The van der Waals surface area contributed by atoms with Crippen molar-refractivity contribution in [3.8, 4) is 0 Å². The van der Waals surface area contributed by atoms with Crippen LogP contribution >= 0.6 is 0 Å². The number of hydrogen-bond donors (Lipinski definition) is 1. The Morgan fingerprint density at radius 3 is 2.45 bits per heavy atom. The van der Waals surface area contributed by atoms with E-state index in [9.17, 15) is 18.0 Å². The van der Waals surface area contributed by atoms with E-state index in [4.69, 9.17) is 0 Å². The number of para-hydroxylation sites is 1. The summed E-state index contributed by atoms with van der Waals surface area (Å²) in [6.45, 7) is 2.73. The number of nitrogens with one attached hydrogen (secondary N) is 1. The Bertz CT molecular complexity index is 1080. The van der Waals surface area contributed by atoms with Gasteiger partial charge in [0.25, 0.3) is 0 Å². The van der Waals surface area contributed by atoms with Crippen molar-refractivity contribution in [3.05, 3.63) is 53.6 Å². The fourth-order valence-electron chi connectivity index (χ4n) is 3.98. The Morgan fingerprint density at radius 2 is 1.66 bits per heavy atom. The maximum Gasteiger partial charge on any atom is 0.240 e. The molecule has 29 heavy (non-hydrogen) atoms. The lowest BCUT2D eigenvalue weighted by Gasteiger charge is -2.17. The Hall–Kier alpha value is -2.71. The van der Waals surface area contributed by atoms with Gasteiger partial charge in [-0.2, -0.15) is 0 Å². The maximum absolute atomic E-state index is 12.6. The molecule has 1 N–H and O–H groups in total. The highest BCUT2D eigenvalue weighted by molar-refractivity contribution is 7.89. The number of carbonyl (C=O) groups excluding carboxylic acids is 2. The molecule has 8 heteroatoms. The van der Waals surface area contributed by atoms with Crippen LogP contribution in [0, 0.1) is 0 Å². The van der Waals surface area contributed by atoms with Crippen LogP contribution in [0.25, 0.3) is 0 Å². The number of benzene rings is 2. The Kier molecular flexibility index (Phi) is 5.14. The molecule has 0 aliphatic carbocycles. The highest BCUT2D eigenvalue weighted by atomic mass is 32.2. The number of sulfonamides is 1. The molecular formula is C21H23N3O4S. The van der Waals surface area contributed by atoms with Crippen LogP contribution in [0.4, 0.5) is 11.4 Å². The summed E-state index contributed by atoms with van der Waals surface area (Å²) >= 11 is 0. The van der Waals surface area contributed by atoms with Crippen molar-refractivity contribution in [1.82, 2.24) is 4.72 Å². The van der Waals surface area contributed by atoms with E-state index in [1.54, 1.807) is 21.9 Å². The van der Waals surface area contributed by atoms with Crippen LogP contribution in [-0.4, -0.2) is 39.9 Å². The fourth-order valence-corrected chi connectivity index (χ4v) is 5.06. The topological polar surface area (TPSA) is 86.8 Å². The molecule has 2 aliphatic rings. The van der Waals surface area contributed by atoms with Gasteiger partial charge < -0.3 is 9.80 Å². The SMILES string of the molecule is CC(=O)N1CCc2cc(S(=O)(=O)NCCC(=O)N3CCc4ccccc43)ccc21. The average Bonchev–Trinajstić information content (AvgIpc) is 3.31. The summed E-state index contributed by atoms with van der Waals surface area (Å²) in [6, 6.07) is 12.6. The molecule has 4 rings (SSSR count). The lowest BCUT2D eigenvalue weighted by Crippen LogP contribution is -2.33. The average molecular weight is 413 g/mol. The van der Waals surface area contributed by atoms with Gasteiger partial charge in [-0.1, -0.05) is 18.2 Å². The van der Waals surface area contributed by atoms with Crippen molar-refractivity contribution >= 4 is 33.2 Å². The van der Waals surface area contributed by atoms with Crippen LogP contribution in [0.3, 0.4) is 0 Å². The molecule has 0 radical (unpaired) electrons. The summed E-state index contributed by atoms with van der Waals surface area (Å²) in [6.07, 6.45) is 1.54. The van der Waals surface area contributed by atoms with Crippen LogP contribution in [0.1, 0.15) is 24.5 Å². The molecule has 0 atom stereocenters. The maximum atomic E-state index is 12.6. The first kappa shape index (κ1) is 19.6. The van der Waals surface area contributed by atoms with Crippen molar-refractivity contribution in [3.63, 3.8) is 0 Å². The molecule has 0 spiro atoms. The van der Waals surface area contributed by atoms with Crippen molar-refractivity contribution in [2.45, 2.75) is 31.1 Å². The predicted molar refractivity (Wildman–Crippen MR) is 110 cm³/mol. The van der Waals surface area contributed by atoms with Crippen LogP contribution in [0.5, 0.6) is 0 Å². The Labute approximate surface area is 170 Å². The number of rotatable bonds is 5. The van der Waals surface area contributed by atoms with E-state index in [2.05, 4.69) is 4.72 Å². The zero-order valence-corrected chi connectivity index (χ0v) is 17.0. The minimum Gasteiger partial charge on any atom is -0.312 e. The van der Waals surface area contributed by atoms with Gasteiger partial charge in [0, 0.05) is 44.4 Å². The van der Waals surface area contributed by atoms with Gasteiger partial charge >= 0.3 is 0 Å². The molecule has 0 saturated heterocycles. The second-order valence-corrected chi connectivity index (χ2v) is 9.05. The predicted octanol–water partition coefficient (Wildman–Crippen LogP) is 1.85. The molecule has 0 bridgehead atoms. The summed E-state index contributed by atoms with van der Waals surface area (Å²) in [5, 5.41) is 0. The molecule has 2 aromatic carbocycles. The Morgan fingerprint density at radius 1 is 0.966 bits per heavy atom. The van der Waals surface area contributed by atoms with E-state index < -0.39 is 10.0 Å². The van der Waals surface area contributed by atoms with Crippen molar-refractivity contribution in [1.29, 1.82) is 0 Å². The number of hydrogen-bond acceptors (Lipinski definition) is 4. The highest BCUT2D eigenvalue weighted by Crippen LogP contribution is 2.30. The molecule has 0 fully saturated rings. The third-order valence-electron chi connectivity index (χ3n) is 5.46. The van der Waals surface area contributed by atoms with Gasteiger partial charge in [0.15, 0.2) is 0 Å². The minimum absolute atomic E-state index is 0.0382. The van der Waals surface area contributed by atoms with Crippen LogP contribution in [0.2, 0.25) is 0 Å². The van der Waals surface area contributed by atoms with E-state index in [0.717, 1.165) is 28.9 Å². The number of nitrogens with zero attached hydrogens (tertiary/aromatic N) is 2. The summed E-state index contributed by atoms with van der Waals surface area (Å²) in [5.41, 5.74) is 3.65. The first-order valence-electron chi connectivity index (χ1n) is 9.66. The zero-order chi connectivity index (χ0) is 20.6. The lowest BCUT2D eigenvalue weighted by atomic mass is 10.2. The molecule has 2 aliphatic heterocycles. The van der Waals surface area contributed by atoms with E-state index in [1.807, 2.05) is 24.3 Å². The largest absolute Gasteiger partial charge is 0.312 e. The van der Waals surface area contributed by atoms with Crippen LogP contribution in [-0.2, 0) is 32.5 Å². The first-order valence-corrected chi connectivity index (χ1v) is 11.1. The molecular weight excluding hydrogens is 390 g/mol. The summed E-state index contributed by atoms with van der Waals surface area (Å²) < 4.78 is 27.8. The second-order valence-electron chi connectivity index (χ2n) is 7.28. The van der Waals surface area contributed by atoms with Crippen LogP contribution in [0.15, 0.2) is 47.4 Å². The number of carbonyl (C=O) groups is 2. The van der Waals surface area contributed by atoms with Crippen molar-refractivity contribution < 1.29 is 18.0 Å². The summed E-state index contributed by atoms with van der Waals surface area (Å²) in [5.74, 6) is -0.150. The Balaban J connectivity index is 1.39. The van der Waals surface area contributed by atoms with Crippen LogP contribution < -0.4 is 14.5 Å². The van der Waals surface area contributed by atoms with Gasteiger partial charge in [-0.3, -0.25) is 9.59 Å². The molecule has 152 valence electrons. The molecule has 0 saturated carbocycles. The van der Waals surface area contributed by atoms with E-state index >= 15 is 0 Å². The summed E-state index contributed by atoms with van der Waals surface area (Å²) in [7, 11) is -3.72. The first-order chi connectivity index (χ1) is 13.9. The smallest absolute Gasteiger partial charge is 0.240 e. The quantitative estimate of drug-likeness (QED) is 0.811. The van der Waals surface area contributed by atoms with Gasteiger partial charge in [0.05, 0.1) is 4.90 Å². The molecule has 2 heterocycles. The highest BCUT2D eigenvalue weighted by Gasteiger charge is 2.26. The third-order valence-corrected chi connectivity index (χ3v) is 6.91. The fraction of sp³-hybridized carbons (Fsp3) is 0.333. The van der Waals surface area contributed by atoms with Gasteiger partial charge in [-0.15, -0.1) is 0 Å². The normalized spacial score (nSPS) is 15.3. The molecule has 0 unspecified atom stereocenters. The number of anilines is 2. The van der Waals surface area contributed by atoms with Gasteiger partial charge in [-0.25, -0.2) is 13.1 Å². The second kappa shape index (κ2) is 7.61. The van der Waals surface area contributed by atoms with Crippen molar-refractivity contribution in [2.24, 2.45) is 0 Å². The third kappa shape index (κ3) is 3.77. The van der Waals surface area contributed by atoms with Gasteiger partial charge in [0.1, 0.15) is 0 Å². The number of fused-ring (bicyclic) bond motifs is 2. The standard InChI is InChI=1S/C21H23N3O4S/c1-15(25)23-12-10-17-14-18(6-7-20(17)23)29(27,28)22-11-8-21(26)24-13-9-16-4-2-3-5-19(16)24/h2-7,14,22H,8-13H2,1H3.